The summed E-state index contributed by atoms with van der Waals surface area (Å²) in [6.45, 7) is 2.19. The third-order valence-corrected chi connectivity index (χ3v) is 3.06. The lowest BCUT2D eigenvalue weighted by Crippen LogP contribution is -1.95. The van der Waals surface area contributed by atoms with Crippen LogP contribution in [0.25, 0.3) is 0 Å². The highest BCUT2D eigenvalue weighted by atomic mass is 16.5. The highest BCUT2D eigenvalue weighted by Crippen LogP contribution is 2.29. The minimum atomic E-state index is 0.531. The largest absolute Gasteiger partial charge is 0.493 e. The van der Waals surface area contributed by atoms with Crippen molar-refractivity contribution >= 4 is 6.29 Å². The number of ether oxygens (including phenoxy) is 2. The smallest absolute Gasteiger partial charge is 0.162 e. The second-order valence-electron chi connectivity index (χ2n) is 4.52. The van der Waals surface area contributed by atoms with E-state index in [-0.39, 0.29) is 0 Å². The first-order valence-corrected chi connectivity index (χ1v) is 6.96. The van der Waals surface area contributed by atoms with Gasteiger partial charge in [-0.15, -0.1) is 0 Å². The van der Waals surface area contributed by atoms with Crippen LogP contribution in [-0.4, -0.2) is 20.5 Å². The van der Waals surface area contributed by atoms with Gasteiger partial charge >= 0.3 is 0 Å². The summed E-state index contributed by atoms with van der Waals surface area (Å²) in [5.41, 5.74) is 1.22. The Labute approximate surface area is 121 Å². The molecule has 0 fully saturated rings. The van der Waals surface area contributed by atoms with Crippen LogP contribution in [-0.2, 0) is 0 Å². The Bertz CT molecular complexity index is 495. The molecule has 0 radical (unpaired) electrons. The molecule has 0 saturated heterocycles. The van der Waals surface area contributed by atoms with E-state index in [4.69, 9.17) is 9.47 Å². The molecule has 0 N–H and O–H groups in total. The minimum absolute atomic E-state index is 0.531. The Morgan fingerprint density at radius 3 is 2.40 bits per heavy atom. The molecule has 0 amide bonds. The number of benzene rings is 1. The number of unbranched alkanes of at least 4 members (excludes halogenated alkanes) is 4. The summed E-state index contributed by atoms with van der Waals surface area (Å²) < 4.78 is 10.4. The maximum atomic E-state index is 11.1. The zero-order valence-corrected chi connectivity index (χ0v) is 12.5. The third-order valence-electron chi connectivity index (χ3n) is 3.06. The molecule has 1 aromatic carbocycles. The van der Waals surface area contributed by atoms with Crippen LogP contribution in [0.3, 0.4) is 0 Å². The number of hydrogen-bond donors (Lipinski definition) is 0. The first kappa shape index (κ1) is 16.1. The van der Waals surface area contributed by atoms with Gasteiger partial charge in [0.05, 0.1) is 14.2 Å². The Morgan fingerprint density at radius 2 is 1.80 bits per heavy atom. The predicted octanol–water partition coefficient (Wildman–Crippen LogP) is 3.84. The van der Waals surface area contributed by atoms with Crippen LogP contribution >= 0.6 is 0 Å². The molecule has 0 aliphatic carbocycles. The van der Waals surface area contributed by atoms with E-state index in [9.17, 15) is 4.79 Å². The Hall–Kier alpha value is -1.95. The highest BCUT2D eigenvalue weighted by Gasteiger charge is 2.09. The van der Waals surface area contributed by atoms with Gasteiger partial charge in [-0.05, 0) is 12.5 Å². The van der Waals surface area contributed by atoms with Crippen molar-refractivity contribution in [3.05, 3.63) is 23.3 Å². The molecule has 20 heavy (non-hydrogen) atoms. The fourth-order valence-corrected chi connectivity index (χ4v) is 1.90. The standard InChI is InChI=1S/C17H22O3/c1-4-5-6-7-8-9-10-14-11-16(19-2)17(20-3)12-15(14)13-18/h11-13H,4-8H2,1-3H3. The zero-order valence-electron chi connectivity index (χ0n) is 12.5. The maximum absolute atomic E-state index is 11.1. The SMILES string of the molecule is CCCCCCC#Cc1cc(OC)c(OC)cc1C=O. The van der Waals surface area contributed by atoms with Crippen LogP contribution in [0.15, 0.2) is 12.1 Å². The first-order valence-electron chi connectivity index (χ1n) is 6.96. The predicted molar refractivity (Wildman–Crippen MR) is 80.6 cm³/mol. The summed E-state index contributed by atoms with van der Waals surface area (Å²) in [5, 5.41) is 0. The Balaban J connectivity index is 2.83. The lowest BCUT2D eigenvalue weighted by molar-refractivity contribution is 0.112. The fraction of sp³-hybridized carbons (Fsp3) is 0.471. The Kier molecular flexibility index (Phi) is 7.27. The van der Waals surface area contributed by atoms with Crippen molar-refractivity contribution in [1.29, 1.82) is 0 Å². The van der Waals surface area contributed by atoms with Crippen LogP contribution in [0, 0.1) is 11.8 Å². The van der Waals surface area contributed by atoms with Crippen LogP contribution < -0.4 is 9.47 Å². The van der Waals surface area contributed by atoms with Crippen molar-refractivity contribution in [2.24, 2.45) is 0 Å². The van der Waals surface area contributed by atoms with E-state index in [1.807, 2.05) is 0 Å². The summed E-state index contributed by atoms with van der Waals surface area (Å²) >= 11 is 0. The van der Waals surface area contributed by atoms with Crippen molar-refractivity contribution in [1.82, 2.24) is 0 Å². The van der Waals surface area contributed by atoms with Crippen LogP contribution in [0.1, 0.15) is 54.9 Å². The monoisotopic (exact) mass is 274 g/mol. The van der Waals surface area contributed by atoms with Crippen molar-refractivity contribution < 1.29 is 14.3 Å². The molecule has 108 valence electrons. The van der Waals surface area contributed by atoms with Crippen LogP contribution in [0.5, 0.6) is 11.5 Å². The lowest BCUT2D eigenvalue weighted by atomic mass is 10.1. The summed E-state index contributed by atoms with van der Waals surface area (Å²) in [5.74, 6) is 7.30. The molecule has 0 aliphatic rings. The van der Waals surface area contributed by atoms with Gasteiger partial charge in [-0.1, -0.05) is 38.0 Å². The number of methoxy groups -OCH3 is 2. The van der Waals surface area contributed by atoms with E-state index < -0.39 is 0 Å². The van der Waals surface area contributed by atoms with Gasteiger partial charge < -0.3 is 9.47 Å². The van der Waals surface area contributed by atoms with E-state index in [0.29, 0.717) is 22.6 Å². The van der Waals surface area contributed by atoms with E-state index in [1.54, 1.807) is 26.4 Å². The number of carbonyl (C=O) groups excluding carboxylic acids is 1. The molecular weight excluding hydrogens is 252 g/mol. The first-order chi connectivity index (χ1) is 9.76. The van der Waals surface area contributed by atoms with Crippen molar-refractivity contribution in [3.63, 3.8) is 0 Å². The average Bonchev–Trinajstić information content (AvgIpc) is 2.49. The summed E-state index contributed by atoms with van der Waals surface area (Å²) in [4.78, 5) is 11.1. The quantitative estimate of drug-likeness (QED) is 0.430. The van der Waals surface area contributed by atoms with Gasteiger partial charge in [-0.25, -0.2) is 0 Å². The van der Waals surface area contributed by atoms with Crippen molar-refractivity contribution in [3.8, 4) is 23.3 Å². The number of hydrogen-bond acceptors (Lipinski definition) is 3. The molecule has 3 heteroatoms. The normalized spacial score (nSPS) is 9.55. The van der Waals surface area contributed by atoms with Gasteiger partial charge in [0.1, 0.15) is 0 Å². The van der Waals surface area contributed by atoms with E-state index in [2.05, 4.69) is 18.8 Å². The van der Waals surface area contributed by atoms with Crippen molar-refractivity contribution in [2.75, 3.05) is 14.2 Å². The molecule has 0 bridgehead atoms. The van der Waals surface area contributed by atoms with E-state index in [0.717, 1.165) is 19.1 Å². The van der Waals surface area contributed by atoms with Gasteiger partial charge in [0.2, 0.25) is 0 Å². The second-order valence-corrected chi connectivity index (χ2v) is 4.52. The molecule has 1 aromatic rings. The molecule has 0 heterocycles. The third kappa shape index (κ3) is 4.62. The fourth-order valence-electron chi connectivity index (χ4n) is 1.90. The molecular formula is C17H22O3. The molecule has 0 unspecified atom stereocenters. The number of aldehydes is 1. The van der Waals surface area contributed by atoms with Gasteiger partial charge in [0, 0.05) is 23.6 Å². The number of carbonyl (C=O) groups is 1. The van der Waals surface area contributed by atoms with Crippen LogP contribution in [0.4, 0.5) is 0 Å². The average molecular weight is 274 g/mol. The highest BCUT2D eigenvalue weighted by molar-refractivity contribution is 5.81. The number of rotatable bonds is 7. The molecule has 0 saturated carbocycles. The molecule has 0 aromatic heterocycles. The van der Waals surface area contributed by atoms with Crippen LogP contribution in [0.2, 0.25) is 0 Å². The van der Waals surface area contributed by atoms with Gasteiger partial charge in [-0.3, -0.25) is 4.79 Å². The Morgan fingerprint density at radius 1 is 1.10 bits per heavy atom. The lowest BCUT2D eigenvalue weighted by Gasteiger charge is -2.09. The molecule has 3 nitrogen and oxygen atoms in total. The topological polar surface area (TPSA) is 35.5 Å². The summed E-state index contributed by atoms with van der Waals surface area (Å²) in [6.07, 6.45) is 6.42. The summed E-state index contributed by atoms with van der Waals surface area (Å²) in [7, 11) is 3.12. The zero-order chi connectivity index (χ0) is 14.8. The molecule has 0 atom stereocenters. The van der Waals surface area contributed by atoms with Crippen molar-refractivity contribution in [2.45, 2.75) is 39.0 Å². The van der Waals surface area contributed by atoms with Gasteiger partial charge in [0.25, 0.3) is 0 Å². The second kappa shape index (κ2) is 9.03. The minimum Gasteiger partial charge on any atom is -0.493 e. The molecule has 0 aliphatic heterocycles. The summed E-state index contributed by atoms with van der Waals surface area (Å²) in [6, 6.07) is 3.41. The van der Waals surface area contributed by atoms with E-state index >= 15 is 0 Å². The van der Waals surface area contributed by atoms with Gasteiger partial charge in [-0.2, -0.15) is 0 Å². The van der Waals surface area contributed by atoms with E-state index in [1.165, 1.54) is 19.3 Å². The van der Waals surface area contributed by atoms with Gasteiger partial charge in [0.15, 0.2) is 17.8 Å². The molecule has 1 rings (SSSR count). The molecule has 0 spiro atoms. The maximum Gasteiger partial charge on any atom is 0.162 e.